The van der Waals surface area contributed by atoms with Crippen molar-refractivity contribution in [2.24, 2.45) is 17.3 Å². The van der Waals surface area contributed by atoms with E-state index in [4.69, 9.17) is 0 Å². The summed E-state index contributed by atoms with van der Waals surface area (Å²) >= 11 is 0. The molecule has 0 aromatic carbocycles. The zero-order chi connectivity index (χ0) is 13.0. The fourth-order valence-corrected chi connectivity index (χ4v) is 4.20. The van der Waals surface area contributed by atoms with Gasteiger partial charge in [0.05, 0.1) is 0 Å². The zero-order valence-electron chi connectivity index (χ0n) is 12.7. The van der Waals surface area contributed by atoms with Crippen LogP contribution in [0.25, 0.3) is 0 Å². The van der Waals surface area contributed by atoms with Gasteiger partial charge in [0, 0.05) is 13.1 Å². The summed E-state index contributed by atoms with van der Waals surface area (Å²) in [6.45, 7) is 10.1. The molecule has 2 fully saturated rings. The highest BCUT2D eigenvalue weighted by molar-refractivity contribution is 4.90. The van der Waals surface area contributed by atoms with Gasteiger partial charge in [0.25, 0.3) is 0 Å². The molecule has 2 nitrogen and oxygen atoms in total. The topological polar surface area (TPSA) is 15.3 Å². The zero-order valence-corrected chi connectivity index (χ0v) is 12.7. The number of hydrogen-bond acceptors (Lipinski definition) is 2. The third kappa shape index (κ3) is 3.71. The third-order valence-electron chi connectivity index (χ3n) is 5.17. The van der Waals surface area contributed by atoms with Gasteiger partial charge in [-0.2, -0.15) is 0 Å². The van der Waals surface area contributed by atoms with Crippen LogP contribution >= 0.6 is 0 Å². The van der Waals surface area contributed by atoms with Crippen LogP contribution in [0.3, 0.4) is 0 Å². The molecule has 1 saturated carbocycles. The second kappa shape index (κ2) is 6.38. The van der Waals surface area contributed by atoms with Gasteiger partial charge in [0.15, 0.2) is 0 Å². The molecule has 2 atom stereocenters. The second-order valence-corrected chi connectivity index (χ2v) is 7.19. The van der Waals surface area contributed by atoms with Crippen molar-refractivity contribution >= 4 is 0 Å². The van der Waals surface area contributed by atoms with Gasteiger partial charge in [-0.15, -0.1) is 0 Å². The van der Waals surface area contributed by atoms with Crippen molar-refractivity contribution in [1.82, 2.24) is 10.2 Å². The average Bonchev–Trinajstić information content (AvgIpc) is 2.32. The van der Waals surface area contributed by atoms with E-state index in [1.54, 1.807) is 0 Å². The van der Waals surface area contributed by atoms with Crippen LogP contribution in [0, 0.1) is 17.3 Å². The Kier molecular flexibility index (Phi) is 5.08. The number of likely N-dealkylation sites (tertiary alicyclic amines) is 1. The van der Waals surface area contributed by atoms with E-state index in [9.17, 15) is 0 Å². The van der Waals surface area contributed by atoms with Gasteiger partial charge in [-0.1, -0.05) is 26.7 Å². The Balaban J connectivity index is 1.92. The quantitative estimate of drug-likeness (QED) is 0.827. The van der Waals surface area contributed by atoms with Crippen LogP contribution in [0.2, 0.25) is 0 Å². The minimum Gasteiger partial charge on any atom is -0.319 e. The molecular weight excluding hydrogens is 220 g/mol. The van der Waals surface area contributed by atoms with Crippen molar-refractivity contribution in [3.63, 3.8) is 0 Å². The molecule has 1 aliphatic heterocycles. The molecule has 0 bridgehead atoms. The molecular formula is C16H32N2. The van der Waals surface area contributed by atoms with E-state index in [1.165, 1.54) is 64.7 Å². The Bertz CT molecular complexity index is 241. The monoisotopic (exact) mass is 252 g/mol. The molecule has 1 aliphatic carbocycles. The molecule has 1 heterocycles. The standard InChI is InChI=1S/C16H32N2/c1-14-6-9-18(10-7-14)13-16(12-17-3)8-4-5-15(2)11-16/h14-15,17H,4-13H2,1-3H3. The summed E-state index contributed by atoms with van der Waals surface area (Å²) < 4.78 is 0. The lowest BCUT2D eigenvalue weighted by Gasteiger charge is -2.44. The van der Waals surface area contributed by atoms with Gasteiger partial charge in [0.1, 0.15) is 0 Å². The van der Waals surface area contributed by atoms with Crippen molar-refractivity contribution in [3.8, 4) is 0 Å². The van der Waals surface area contributed by atoms with E-state index in [2.05, 4.69) is 31.1 Å². The summed E-state index contributed by atoms with van der Waals surface area (Å²) in [6.07, 6.45) is 8.57. The number of rotatable bonds is 4. The van der Waals surface area contributed by atoms with Crippen LogP contribution < -0.4 is 5.32 Å². The maximum absolute atomic E-state index is 3.47. The maximum atomic E-state index is 3.47. The maximum Gasteiger partial charge on any atom is 0.00502 e. The van der Waals surface area contributed by atoms with Crippen LogP contribution in [0.1, 0.15) is 52.4 Å². The van der Waals surface area contributed by atoms with Crippen molar-refractivity contribution < 1.29 is 0 Å². The number of nitrogens with one attached hydrogen (secondary N) is 1. The molecule has 0 aromatic heterocycles. The summed E-state index contributed by atoms with van der Waals surface area (Å²) in [4.78, 5) is 2.75. The second-order valence-electron chi connectivity index (χ2n) is 7.19. The largest absolute Gasteiger partial charge is 0.319 e. The lowest BCUT2D eigenvalue weighted by atomic mass is 9.69. The van der Waals surface area contributed by atoms with E-state index in [0.29, 0.717) is 5.41 Å². The first kappa shape index (κ1) is 14.3. The Labute approximate surface area is 114 Å². The first-order valence-electron chi connectivity index (χ1n) is 8.00. The van der Waals surface area contributed by atoms with Crippen LogP contribution in [-0.4, -0.2) is 38.1 Å². The molecule has 18 heavy (non-hydrogen) atoms. The highest BCUT2D eigenvalue weighted by Gasteiger charge is 2.36. The predicted octanol–water partition coefficient (Wildman–Crippen LogP) is 3.13. The number of hydrogen-bond donors (Lipinski definition) is 1. The molecule has 2 aliphatic rings. The van der Waals surface area contributed by atoms with Gasteiger partial charge in [-0.05, 0) is 63.1 Å². The summed E-state index contributed by atoms with van der Waals surface area (Å²) in [5, 5.41) is 3.47. The molecule has 0 amide bonds. The van der Waals surface area contributed by atoms with E-state index in [-0.39, 0.29) is 0 Å². The Hall–Kier alpha value is -0.0800. The van der Waals surface area contributed by atoms with Crippen molar-refractivity contribution in [2.45, 2.75) is 52.4 Å². The van der Waals surface area contributed by atoms with Gasteiger partial charge >= 0.3 is 0 Å². The molecule has 2 rings (SSSR count). The number of nitrogens with zero attached hydrogens (tertiary/aromatic N) is 1. The van der Waals surface area contributed by atoms with Gasteiger partial charge in [-0.25, -0.2) is 0 Å². The molecule has 0 spiro atoms. The highest BCUT2D eigenvalue weighted by atomic mass is 15.1. The molecule has 2 unspecified atom stereocenters. The van der Waals surface area contributed by atoms with Gasteiger partial charge in [0.2, 0.25) is 0 Å². The third-order valence-corrected chi connectivity index (χ3v) is 5.17. The fraction of sp³-hybridized carbons (Fsp3) is 1.00. The van der Waals surface area contributed by atoms with Crippen LogP contribution in [0.5, 0.6) is 0 Å². The summed E-state index contributed by atoms with van der Waals surface area (Å²) in [7, 11) is 2.12. The smallest absolute Gasteiger partial charge is 0.00502 e. The summed E-state index contributed by atoms with van der Waals surface area (Å²) in [6, 6.07) is 0. The van der Waals surface area contributed by atoms with Crippen LogP contribution in [0.15, 0.2) is 0 Å². The van der Waals surface area contributed by atoms with Crippen LogP contribution in [0.4, 0.5) is 0 Å². The summed E-state index contributed by atoms with van der Waals surface area (Å²) in [5.41, 5.74) is 0.562. The normalized spacial score (nSPS) is 35.8. The van der Waals surface area contributed by atoms with Gasteiger partial charge in [-0.3, -0.25) is 0 Å². The van der Waals surface area contributed by atoms with Crippen molar-refractivity contribution in [1.29, 1.82) is 0 Å². The number of piperidine rings is 1. The Morgan fingerprint density at radius 1 is 1.11 bits per heavy atom. The molecule has 1 saturated heterocycles. The van der Waals surface area contributed by atoms with Crippen molar-refractivity contribution in [3.05, 3.63) is 0 Å². The van der Waals surface area contributed by atoms with E-state index in [1.807, 2.05) is 0 Å². The average molecular weight is 252 g/mol. The lowest BCUT2D eigenvalue weighted by Crippen LogP contribution is -2.48. The van der Waals surface area contributed by atoms with Gasteiger partial charge < -0.3 is 10.2 Å². The fourth-order valence-electron chi connectivity index (χ4n) is 4.20. The van der Waals surface area contributed by atoms with E-state index < -0.39 is 0 Å². The Morgan fingerprint density at radius 3 is 2.44 bits per heavy atom. The first-order valence-corrected chi connectivity index (χ1v) is 8.00. The molecule has 1 N–H and O–H groups in total. The first-order chi connectivity index (χ1) is 8.63. The van der Waals surface area contributed by atoms with Crippen molar-refractivity contribution in [2.75, 3.05) is 33.2 Å². The highest BCUT2D eigenvalue weighted by Crippen LogP contribution is 2.40. The molecule has 2 heteroatoms. The van der Waals surface area contributed by atoms with Crippen LogP contribution in [-0.2, 0) is 0 Å². The molecule has 0 aromatic rings. The van der Waals surface area contributed by atoms with E-state index >= 15 is 0 Å². The summed E-state index contributed by atoms with van der Waals surface area (Å²) in [5.74, 6) is 1.88. The van der Waals surface area contributed by atoms with E-state index in [0.717, 1.165) is 11.8 Å². The molecule has 0 radical (unpaired) electrons. The lowest BCUT2D eigenvalue weighted by molar-refractivity contribution is 0.0643. The predicted molar refractivity (Wildman–Crippen MR) is 78.8 cm³/mol. The minimum atomic E-state index is 0.562. The molecule has 106 valence electrons. The Morgan fingerprint density at radius 2 is 1.83 bits per heavy atom. The minimum absolute atomic E-state index is 0.562. The SMILES string of the molecule is CNCC1(CN2CCC(C)CC2)CCCC(C)C1.